The standard InChI is InChI=1S/C9H15NO/c1-4-8(11)10-9(5-6-9)7(2)3/h4,7H,1,5-6H2,2-3H3,(H,10,11). The maximum atomic E-state index is 10.9. The largest absolute Gasteiger partial charge is 0.347 e. The molecule has 2 nitrogen and oxygen atoms in total. The number of nitrogens with one attached hydrogen (secondary N) is 1. The zero-order valence-corrected chi connectivity index (χ0v) is 7.18. The van der Waals surface area contributed by atoms with Gasteiger partial charge in [0, 0.05) is 5.54 Å². The Hall–Kier alpha value is -0.790. The molecule has 0 aromatic heterocycles. The molecule has 2 heteroatoms. The van der Waals surface area contributed by atoms with Gasteiger partial charge < -0.3 is 5.32 Å². The van der Waals surface area contributed by atoms with Crippen LogP contribution in [-0.2, 0) is 4.79 Å². The fourth-order valence-corrected chi connectivity index (χ4v) is 1.28. The Balaban J connectivity index is 2.48. The van der Waals surface area contributed by atoms with Crippen LogP contribution in [0.15, 0.2) is 12.7 Å². The minimum absolute atomic E-state index is 0.0452. The first kappa shape index (κ1) is 8.31. The molecule has 0 saturated heterocycles. The van der Waals surface area contributed by atoms with Gasteiger partial charge in [-0.2, -0.15) is 0 Å². The Morgan fingerprint density at radius 1 is 1.64 bits per heavy atom. The fraction of sp³-hybridized carbons (Fsp3) is 0.667. The van der Waals surface area contributed by atoms with Gasteiger partial charge in [-0.15, -0.1) is 0 Å². The van der Waals surface area contributed by atoms with Crippen LogP contribution in [-0.4, -0.2) is 11.4 Å². The van der Waals surface area contributed by atoms with Gasteiger partial charge in [0.2, 0.25) is 5.91 Å². The number of amides is 1. The predicted molar refractivity (Wildman–Crippen MR) is 45.1 cm³/mol. The predicted octanol–water partition coefficient (Wildman–Crippen LogP) is 1.48. The first-order valence-electron chi connectivity index (χ1n) is 4.05. The highest BCUT2D eigenvalue weighted by Gasteiger charge is 2.46. The zero-order chi connectivity index (χ0) is 8.48. The lowest BCUT2D eigenvalue weighted by molar-refractivity contribution is -0.117. The molecule has 0 atom stereocenters. The molecule has 1 N–H and O–H groups in total. The molecular formula is C9H15NO. The highest BCUT2D eigenvalue weighted by molar-refractivity contribution is 5.87. The van der Waals surface area contributed by atoms with Crippen LogP contribution in [0.3, 0.4) is 0 Å². The zero-order valence-electron chi connectivity index (χ0n) is 7.18. The molecule has 0 aromatic carbocycles. The molecule has 1 fully saturated rings. The van der Waals surface area contributed by atoms with Crippen LogP contribution in [0, 0.1) is 5.92 Å². The molecule has 0 unspecified atom stereocenters. The molecule has 1 aliphatic carbocycles. The van der Waals surface area contributed by atoms with Crippen molar-refractivity contribution in [3.05, 3.63) is 12.7 Å². The molecular weight excluding hydrogens is 138 g/mol. The molecule has 1 aliphatic rings. The van der Waals surface area contributed by atoms with E-state index in [-0.39, 0.29) is 11.4 Å². The molecule has 1 rings (SSSR count). The van der Waals surface area contributed by atoms with E-state index in [0.29, 0.717) is 5.92 Å². The van der Waals surface area contributed by atoms with Gasteiger partial charge in [0.25, 0.3) is 0 Å². The van der Waals surface area contributed by atoms with Crippen molar-refractivity contribution in [3.8, 4) is 0 Å². The number of carbonyl (C=O) groups is 1. The van der Waals surface area contributed by atoms with Crippen molar-refractivity contribution in [2.45, 2.75) is 32.2 Å². The van der Waals surface area contributed by atoms with E-state index in [1.54, 1.807) is 0 Å². The third kappa shape index (κ3) is 1.62. The average Bonchev–Trinajstić information content (AvgIpc) is 2.69. The summed E-state index contributed by atoms with van der Waals surface area (Å²) in [6.07, 6.45) is 3.57. The lowest BCUT2D eigenvalue weighted by Crippen LogP contribution is -2.39. The van der Waals surface area contributed by atoms with Crippen LogP contribution in [0.25, 0.3) is 0 Å². The van der Waals surface area contributed by atoms with Crippen molar-refractivity contribution in [3.63, 3.8) is 0 Å². The van der Waals surface area contributed by atoms with Crippen molar-refractivity contribution < 1.29 is 4.79 Å². The van der Waals surface area contributed by atoms with E-state index in [4.69, 9.17) is 0 Å². The summed E-state index contributed by atoms with van der Waals surface area (Å²) >= 11 is 0. The van der Waals surface area contributed by atoms with Crippen molar-refractivity contribution in [2.75, 3.05) is 0 Å². The highest BCUT2D eigenvalue weighted by Crippen LogP contribution is 2.41. The van der Waals surface area contributed by atoms with Gasteiger partial charge in [0.05, 0.1) is 0 Å². The Morgan fingerprint density at radius 3 is 2.45 bits per heavy atom. The molecule has 0 heterocycles. The summed E-state index contributed by atoms with van der Waals surface area (Å²) in [5.41, 5.74) is 0.102. The topological polar surface area (TPSA) is 29.1 Å². The third-order valence-electron chi connectivity index (χ3n) is 2.45. The number of rotatable bonds is 3. The Morgan fingerprint density at radius 2 is 2.18 bits per heavy atom. The second kappa shape index (κ2) is 2.68. The van der Waals surface area contributed by atoms with Gasteiger partial charge in [-0.1, -0.05) is 20.4 Å². The molecule has 0 aliphatic heterocycles. The molecule has 1 saturated carbocycles. The van der Waals surface area contributed by atoms with Crippen molar-refractivity contribution in [2.24, 2.45) is 5.92 Å². The van der Waals surface area contributed by atoms with Gasteiger partial charge >= 0.3 is 0 Å². The lowest BCUT2D eigenvalue weighted by Gasteiger charge is -2.20. The van der Waals surface area contributed by atoms with Crippen LogP contribution in [0.5, 0.6) is 0 Å². The monoisotopic (exact) mass is 153 g/mol. The van der Waals surface area contributed by atoms with Crippen LogP contribution in [0.2, 0.25) is 0 Å². The van der Waals surface area contributed by atoms with E-state index in [0.717, 1.165) is 12.8 Å². The van der Waals surface area contributed by atoms with E-state index in [1.807, 2.05) is 0 Å². The quantitative estimate of drug-likeness (QED) is 0.611. The summed E-state index contributed by atoms with van der Waals surface area (Å²) in [7, 11) is 0. The van der Waals surface area contributed by atoms with E-state index >= 15 is 0 Å². The fourth-order valence-electron chi connectivity index (χ4n) is 1.28. The van der Waals surface area contributed by atoms with Crippen LogP contribution >= 0.6 is 0 Å². The molecule has 0 aromatic rings. The van der Waals surface area contributed by atoms with E-state index in [1.165, 1.54) is 6.08 Å². The smallest absolute Gasteiger partial charge is 0.243 e. The summed E-state index contributed by atoms with van der Waals surface area (Å²) in [6, 6.07) is 0. The maximum absolute atomic E-state index is 10.9. The minimum atomic E-state index is -0.0452. The summed E-state index contributed by atoms with van der Waals surface area (Å²) in [6.45, 7) is 7.69. The van der Waals surface area contributed by atoms with Gasteiger partial charge in [-0.05, 0) is 24.8 Å². The van der Waals surface area contributed by atoms with E-state index in [9.17, 15) is 4.79 Å². The lowest BCUT2D eigenvalue weighted by atomic mass is 10.0. The highest BCUT2D eigenvalue weighted by atomic mass is 16.1. The Bertz CT molecular complexity index is 180. The summed E-state index contributed by atoms with van der Waals surface area (Å²) < 4.78 is 0. The van der Waals surface area contributed by atoms with Gasteiger partial charge in [0.15, 0.2) is 0 Å². The average molecular weight is 153 g/mol. The minimum Gasteiger partial charge on any atom is -0.347 e. The second-order valence-electron chi connectivity index (χ2n) is 3.50. The number of hydrogen-bond acceptors (Lipinski definition) is 1. The van der Waals surface area contributed by atoms with E-state index in [2.05, 4.69) is 25.7 Å². The van der Waals surface area contributed by atoms with Crippen LogP contribution < -0.4 is 5.32 Å². The van der Waals surface area contributed by atoms with Gasteiger partial charge in [-0.3, -0.25) is 4.79 Å². The van der Waals surface area contributed by atoms with Crippen molar-refractivity contribution in [1.82, 2.24) is 5.32 Å². The summed E-state index contributed by atoms with van der Waals surface area (Å²) in [5.74, 6) is 0.489. The molecule has 62 valence electrons. The maximum Gasteiger partial charge on any atom is 0.243 e. The summed E-state index contributed by atoms with van der Waals surface area (Å²) in [5, 5.41) is 2.96. The molecule has 0 spiro atoms. The summed E-state index contributed by atoms with van der Waals surface area (Å²) in [4.78, 5) is 10.9. The SMILES string of the molecule is C=CC(=O)NC1(C(C)C)CC1. The van der Waals surface area contributed by atoms with Crippen molar-refractivity contribution in [1.29, 1.82) is 0 Å². The second-order valence-corrected chi connectivity index (χ2v) is 3.50. The number of carbonyl (C=O) groups excluding carboxylic acids is 1. The number of hydrogen-bond donors (Lipinski definition) is 1. The van der Waals surface area contributed by atoms with Crippen molar-refractivity contribution >= 4 is 5.91 Å². The van der Waals surface area contributed by atoms with Gasteiger partial charge in [0.1, 0.15) is 0 Å². The third-order valence-corrected chi connectivity index (χ3v) is 2.45. The molecule has 11 heavy (non-hydrogen) atoms. The normalized spacial score (nSPS) is 19.5. The molecule has 0 bridgehead atoms. The van der Waals surface area contributed by atoms with Crippen LogP contribution in [0.1, 0.15) is 26.7 Å². The Labute approximate surface area is 67.7 Å². The molecule has 1 amide bonds. The van der Waals surface area contributed by atoms with Crippen LogP contribution in [0.4, 0.5) is 0 Å². The molecule has 0 radical (unpaired) electrons. The Kier molecular flexibility index (Phi) is 2.03. The first-order chi connectivity index (χ1) is 5.10. The van der Waals surface area contributed by atoms with E-state index < -0.39 is 0 Å². The first-order valence-corrected chi connectivity index (χ1v) is 4.05. The van der Waals surface area contributed by atoms with Gasteiger partial charge in [-0.25, -0.2) is 0 Å².